The molecule has 0 radical (unpaired) electrons. The van der Waals surface area contributed by atoms with E-state index in [-0.39, 0.29) is 11.9 Å². The lowest BCUT2D eigenvalue weighted by Gasteiger charge is -2.24. The minimum atomic E-state index is -0.117. The number of carbonyl (C=O) groups is 1. The summed E-state index contributed by atoms with van der Waals surface area (Å²) in [7, 11) is 0. The van der Waals surface area contributed by atoms with Crippen molar-refractivity contribution in [1.29, 1.82) is 0 Å². The molecule has 1 amide bonds. The van der Waals surface area contributed by atoms with E-state index in [0.29, 0.717) is 17.1 Å². The molecular weight excluding hydrogens is 314 g/mol. The first-order valence-corrected chi connectivity index (χ1v) is 8.19. The van der Waals surface area contributed by atoms with Gasteiger partial charge in [0.1, 0.15) is 11.6 Å². The van der Waals surface area contributed by atoms with Gasteiger partial charge in [-0.1, -0.05) is 11.6 Å². The molecule has 122 valence electrons. The Morgan fingerprint density at radius 3 is 3.09 bits per heavy atom. The van der Waals surface area contributed by atoms with Crippen molar-refractivity contribution in [2.45, 2.75) is 39.3 Å². The van der Waals surface area contributed by atoms with E-state index in [1.165, 1.54) is 0 Å². The summed E-state index contributed by atoms with van der Waals surface area (Å²) in [5, 5.41) is 11.2. The van der Waals surface area contributed by atoms with Crippen LogP contribution in [-0.4, -0.2) is 33.3 Å². The zero-order chi connectivity index (χ0) is 16.4. The van der Waals surface area contributed by atoms with Crippen molar-refractivity contribution in [3.8, 4) is 0 Å². The molecule has 1 aliphatic heterocycles. The van der Waals surface area contributed by atoms with Crippen LogP contribution in [0.2, 0.25) is 5.02 Å². The molecular formula is C16H20ClN5O. The van der Waals surface area contributed by atoms with Gasteiger partial charge in [-0.2, -0.15) is 5.10 Å². The number of nitrogens with one attached hydrogen (secondary N) is 2. The fourth-order valence-corrected chi connectivity index (χ4v) is 3.04. The molecule has 0 saturated carbocycles. The number of halogens is 1. The highest BCUT2D eigenvalue weighted by Crippen LogP contribution is 2.21. The van der Waals surface area contributed by atoms with Gasteiger partial charge in [0.25, 0.3) is 5.91 Å². The Morgan fingerprint density at radius 2 is 2.30 bits per heavy atom. The number of anilines is 1. The molecule has 0 saturated heterocycles. The van der Waals surface area contributed by atoms with Gasteiger partial charge in [0.15, 0.2) is 0 Å². The summed E-state index contributed by atoms with van der Waals surface area (Å²) in [6.07, 6.45) is 1.68. The molecule has 6 nitrogen and oxygen atoms in total. The summed E-state index contributed by atoms with van der Waals surface area (Å²) in [5.74, 6) is 1.65. The Hall–Kier alpha value is -2.08. The van der Waals surface area contributed by atoms with Gasteiger partial charge in [-0.05, 0) is 38.5 Å². The number of hydrogen-bond donors (Lipinski definition) is 2. The SMILES string of the molecule is CCNc1ccc(Cl)cc1C(=O)NC1CCc2nc(C)nn2C1. The first-order valence-electron chi connectivity index (χ1n) is 7.81. The van der Waals surface area contributed by atoms with Crippen molar-refractivity contribution in [2.24, 2.45) is 0 Å². The highest BCUT2D eigenvalue weighted by Gasteiger charge is 2.23. The third-order valence-electron chi connectivity index (χ3n) is 3.89. The predicted octanol–water partition coefficient (Wildman–Crippen LogP) is 2.42. The van der Waals surface area contributed by atoms with Gasteiger partial charge in [0.05, 0.1) is 12.1 Å². The van der Waals surface area contributed by atoms with E-state index in [1.54, 1.807) is 12.1 Å². The summed E-state index contributed by atoms with van der Waals surface area (Å²) >= 11 is 6.04. The normalized spacial score (nSPS) is 16.7. The van der Waals surface area contributed by atoms with Crippen molar-refractivity contribution in [1.82, 2.24) is 20.1 Å². The van der Waals surface area contributed by atoms with E-state index in [1.807, 2.05) is 24.6 Å². The van der Waals surface area contributed by atoms with Gasteiger partial charge in [-0.3, -0.25) is 4.79 Å². The molecule has 0 fully saturated rings. The zero-order valence-corrected chi connectivity index (χ0v) is 14.0. The monoisotopic (exact) mass is 333 g/mol. The summed E-state index contributed by atoms with van der Waals surface area (Å²) in [6.45, 7) is 5.27. The lowest BCUT2D eigenvalue weighted by Crippen LogP contribution is -2.41. The molecule has 2 heterocycles. The standard InChI is InChI=1S/C16H20ClN5O/c1-3-18-14-6-4-11(17)8-13(14)16(23)20-12-5-7-15-19-10(2)21-22(15)9-12/h4,6,8,12,18H,3,5,7,9H2,1-2H3,(H,20,23). The highest BCUT2D eigenvalue weighted by atomic mass is 35.5. The summed E-state index contributed by atoms with van der Waals surface area (Å²) < 4.78 is 1.88. The first kappa shape index (κ1) is 15.8. The molecule has 1 aliphatic rings. The molecule has 1 unspecified atom stereocenters. The Balaban J connectivity index is 1.74. The number of amides is 1. The maximum atomic E-state index is 12.6. The van der Waals surface area contributed by atoms with Crippen LogP contribution in [0.4, 0.5) is 5.69 Å². The molecule has 0 aliphatic carbocycles. The number of rotatable bonds is 4. The molecule has 1 atom stereocenters. The minimum absolute atomic E-state index is 0.0459. The Morgan fingerprint density at radius 1 is 1.48 bits per heavy atom. The molecule has 1 aromatic carbocycles. The average Bonchev–Trinajstić information content (AvgIpc) is 2.88. The average molecular weight is 334 g/mol. The molecule has 0 spiro atoms. The number of benzene rings is 1. The maximum Gasteiger partial charge on any atom is 0.253 e. The van der Waals surface area contributed by atoms with Crippen molar-refractivity contribution in [2.75, 3.05) is 11.9 Å². The quantitative estimate of drug-likeness (QED) is 0.901. The van der Waals surface area contributed by atoms with Gasteiger partial charge in [0, 0.05) is 29.7 Å². The molecule has 7 heteroatoms. The molecule has 2 N–H and O–H groups in total. The summed E-state index contributed by atoms with van der Waals surface area (Å²) in [4.78, 5) is 17.0. The van der Waals surface area contributed by atoms with Crippen LogP contribution in [0.15, 0.2) is 18.2 Å². The topological polar surface area (TPSA) is 71.8 Å². The number of nitrogens with zero attached hydrogens (tertiary/aromatic N) is 3. The predicted molar refractivity (Wildman–Crippen MR) is 89.9 cm³/mol. The Labute approximate surface area is 140 Å². The van der Waals surface area contributed by atoms with Crippen molar-refractivity contribution < 1.29 is 4.79 Å². The second-order valence-electron chi connectivity index (χ2n) is 5.69. The number of fused-ring (bicyclic) bond motifs is 1. The van der Waals surface area contributed by atoms with E-state index in [4.69, 9.17) is 11.6 Å². The van der Waals surface area contributed by atoms with E-state index >= 15 is 0 Å². The van der Waals surface area contributed by atoms with Crippen LogP contribution in [0.5, 0.6) is 0 Å². The summed E-state index contributed by atoms with van der Waals surface area (Å²) in [6, 6.07) is 5.36. The highest BCUT2D eigenvalue weighted by molar-refractivity contribution is 6.31. The third kappa shape index (κ3) is 3.47. The number of aryl methyl sites for hydroxylation is 2. The fourth-order valence-electron chi connectivity index (χ4n) is 2.86. The van der Waals surface area contributed by atoms with E-state index in [0.717, 1.165) is 36.7 Å². The van der Waals surface area contributed by atoms with Crippen LogP contribution in [0.3, 0.4) is 0 Å². The van der Waals surface area contributed by atoms with Crippen molar-refractivity contribution in [3.63, 3.8) is 0 Å². The molecule has 1 aromatic heterocycles. The lowest BCUT2D eigenvalue weighted by molar-refractivity contribution is 0.0927. The van der Waals surface area contributed by atoms with Crippen molar-refractivity contribution in [3.05, 3.63) is 40.4 Å². The van der Waals surface area contributed by atoms with Gasteiger partial charge in [-0.15, -0.1) is 0 Å². The minimum Gasteiger partial charge on any atom is -0.385 e. The van der Waals surface area contributed by atoms with Crippen LogP contribution in [0.1, 0.15) is 35.4 Å². The zero-order valence-electron chi connectivity index (χ0n) is 13.3. The van der Waals surface area contributed by atoms with Gasteiger partial charge >= 0.3 is 0 Å². The summed E-state index contributed by atoms with van der Waals surface area (Å²) in [5.41, 5.74) is 1.36. The smallest absolute Gasteiger partial charge is 0.253 e. The number of hydrogen-bond acceptors (Lipinski definition) is 4. The van der Waals surface area contributed by atoms with E-state index in [9.17, 15) is 4.79 Å². The number of carbonyl (C=O) groups excluding carboxylic acids is 1. The Kier molecular flexibility index (Phi) is 4.52. The molecule has 2 aromatic rings. The second-order valence-corrected chi connectivity index (χ2v) is 6.12. The second kappa shape index (κ2) is 6.58. The van der Waals surface area contributed by atoms with Crippen LogP contribution in [0, 0.1) is 6.92 Å². The van der Waals surface area contributed by atoms with Crippen LogP contribution < -0.4 is 10.6 Å². The van der Waals surface area contributed by atoms with E-state index < -0.39 is 0 Å². The van der Waals surface area contributed by atoms with E-state index in [2.05, 4.69) is 20.7 Å². The maximum absolute atomic E-state index is 12.6. The van der Waals surface area contributed by atoms with Crippen LogP contribution in [-0.2, 0) is 13.0 Å². The van der Waals surface area contributed by atoms with Gasteiger partial charge < -0.3 is 10.6 Å². The van der Waals surface area contributed by atoms with Gasteiger partial charge in [0.2, 0.25) is 0 Å². The third-order valence-corrected chi connectivity index (χ3v) is 4.13. The molecule has 3 rings (SSSR count). The fraction of sp³-hybridized carbons (Fsp3) is 0.438. The van der Waals surface area contributed by atoms with Gasteiger partial charge in [-0.25, -0.2) is 9.67 Å². The van der Waals surface area contributed by atoms with Crippen LogP contribution in [0.25, 0.3) is 0 Å². The lowest BCUT2D eigenvalue weighted by atomic mass is 10.1. The molecule has 0 bridgehead atoms. The van der Waals surface area contributed by atoms with Crippen LogP contribution >= 0.6 is 11.6 Å². The number of aromatic nitrogens is 3. The Bertz CT molecular complexity index is 727. The molecule has 23 heavy (non-hydrogen) atoms. The first-order chi connectivity index (χ1) is 11.1. The van der Waals surface area contributed by atoms with Crippen molar-refractivity contribution >= 4 is 23.2 Å². The largest absolute Gasteiger partial charge is 0.385 e.